The molecule has 2 heterocycles. The first-order valence-corrected chi connectivity index (χ1v) is 8.38. The van der Waals surface area contributed by atoms with Crippen LogP contribution < -0.4 is 10.6 Å². The number of furan rings is 1. The fraction of sp³-hybridized carbons (Fsp3) is 0.471. The molecule has 22 heavy (non-hydrogen) atoms. The lowest BCUT2D eigenvalue weighted by Gasteiger charge is -2.25. The lowest BCUT2D eigenvalue weighted by atomic mass is 9.91. The Kier molecular flexibility index (Phi) is 5.29. The molecule has 0 aliphatic heterocycles. The molecule has 0 saturated carbocycles. The number of rotatable bonds is 5. The van der Waals surface area contributed by atoms with Crippen molar-refractivity contribution < 1.29 is 4.42 Å². The molecular formula is C17H25N3OS. The van der Waals surface area contributed by atoms with Crippen molar-refractivity contribution in [2.24, 2.45) is 4.99 Å². The standard InChI is InChI=1S/C17H25N3OS/c1-12-8-9-14(21-12)13(2)20-16(18-5)19-11-17(3,4)15-7-6-10-22-15/h6-10,13H,11H2,1-5H3,(H2,18,19,20). The van der Waals surface area contributed by atoms with E-state index in [0.717, 1.165) is 24.0 Å². The van der Waals surface area contributed by atoms with Gasteiger partial charge in [-0.3, -0.25) is 4.99 Å². The normalized spacial score (nSPS) is 14.0. The number of thiophene rings is 1. The van der Waals surface area contributed by atoms with Gasteiger partial charge in [0, 0.05) is 23.9 Å². The van der Waals surface area contributed by atoms with Crippen LogP contribution in [0.5, 0.6) is 0 Å². The van der Waals surface area contributed by atoms with Crippen molar-refractivity contribution in [2.75, 3.05) is 13.6 Å². The number of hydrogen-bond acceptors (Lipinski definition) is 3. The Hall–Kier alpha value is -1.75. The van der Waals surface area contributed by atoms with Gasteiger partial charge in [-0.1, -0.05) is 19.9 Å². The van der Waals surface area contributed by atoms with E-state index in [9.17, 15) is 0 Å². The summed E-state index contributed by atoms with van der Waals surface area (Å²) < 4.78 is 5.65. The zero-order valence-electron chi connectivity index (χ0n) is 13.9. The van der Waals surface area contributed by atoms with E-state index in [-0.39, 0.29) is 11.5 Å². The molecule has 2 rings (SSSR count). The summed E-state index contributed by atoms with van der Waals surface area (Å²) in [7, 11) is 1.79. The van der Waals surface area contributed by atoms with Gasteiger partial charge in [-0.2, -0.15) is 0 Å². The molecule has 120 valence electrons. The first-order chi connectivity index (χ1) is 10.4. The molecule has 0 spiro atoms. The highest BCUT2D eigenvalue weighted by Gasteiger charge is 2.22. The molecule has 0 aliphatic rings. The predicted octanol–water partition coefficient (Wildman–Crippen LogP) is 3.85. The van der Waals surface area contributed by atoms with Crippen molar-refractivity contribution in [1.82, 2.24) is 10.6 Å². The summed E-state index contributed by atoms with van der Waals surface area (Å²) in [5.41, 5.74) is 0.0658. The maximum absolute atomic E-state index is 5.65. The number of nitrogens with zero attached hydrogens (tertiary/aromatic N) is 1. The Balaban J connectivity index is 1.93. The molecule has 0 aliphatic carbocycles. The van der Waals surface area contributed by atoms with Gasteiger partial charge >= 0.3 is 0 Å². The third-order valence-corrected chi connectivity index (χ3v) is 4.89. The molecule has 0 saturated heterocycles. The second-order valence-electron chi connectivity index (χ2n) is 6.10. The van der Waals surface area contributed by atoms with Crippen LogP contribution in [0.15, 0.2) is 39.1 Å². The molecule has 2 aromatic rings. The Bertz CT molecular complexity index is 614. The zero-order chi connectivity index (χ0) is 16.2. The summed E-state index contributed by atoms with van der Waals surface area (Å²) in [5, 5.41) is 8.89. The van der Waals surface area contributed by atoms with Gasteiger partial charge in [0.2, 0.25) is 0 Å². The van der Waals surface area contributed by atoms with Crippen LogP contribution in [0.1, 0.15) is 43.2 Å². The predicted molar refractivity (Wildman–Crippen MR) is 93.7 cm³/mol. The van der Waals surface area contributed by atoms with Crippen molar-refractivity contribution in [3.63, 3.8) is 0 Å². The second kappa shape index (κ2) is 7.01. The minimum Gasteiger partial charge on any atom is -0.464 e. The van der Waals surface area contributed by atoms with Crippen LogP contribution in [-0.2, 0) is 5.41 Å². The third-order valence-electron chi connectivity index (χ3n) is 3.65. The molecule has 2 N–H and O–H groups in total. The maximum Gasteiger partial charge on any atom is 0.191 e. The first-order valence-electron chi connectivity index (χ1n) is 7.50. The fourth-order valence-corrected chi connectivity index (χ4v) is 3.06. The average Bonchev–Trinajstić information content (AvgIpc) is 3.14. The highest BCUT2D eigenvalue weighted by Crippen LogP contribution is 2.26. The van der Waals surface area contributed by atoms with E-state index < -0.39 is 0 Å². The Morgan fingerprint density at radius 1 is 1.36 bits per heavy atom. The number of aliphatic imine (C=N–C) groups is 1. The van der Waals surface area contributed by atoms with Gasteiger partial charge in [0.25, 0.3) is 0 Å². The second-order valence-corrected chi connectivity index (χ2v) is 7.05. The Morgan fingerprint density at radius 3 is 2.68 bits per heavy atom. The largest absolute Gasteiger partial charge is 0.464 e. The van der Waals surface area contributed by atoms with Gasteiger partial charge in [-0.05, 0) is 37.4 Å². The lowest BCUT2D eigenvalue weighted by Crippen LogP contribution is -2.43. The van der Waals surface area contributed by atoms with E-state index in [2.05, 4.69) is 53.9 Å². The van der Waals surface area contributed by atoms with Crippen LogP contribution in [0.25, 0.3) is 0 Å². The van der Waals surface area contributed by atoms with E-state index in [4.69, 9.17) is 4.42 Å². The molecule has 1 atom stereocenters. The summed E-state index contributed by atoms with van der Waals surface area (Å²) in [6, 6.07) is 8.32. The SMILES string of the molecule is CN=C(NCC(C)(C)c1cccs1)NC(C)c1ccc(C)o1. The molecule has 1 unspecified atom stereocenters. The quantitative estimate of drug-likeness (QED) is 0.650. The molecule has 0 fully saturated rings. The van der Waals surface area contributed by atoms with Crippen LogP contribution in [0, 0.1) is 6.92 Å². The highest BCUT2D eigenvalue weighted by atomic mass is 32.1. The fourth-order valence-electron chi connectivity index (χ4n) is 2.21. The van der Waals surface area contributed by atoms with Gasteiger partial charge in [0.1, 0.15) is 11.5 Å². The summed E-state index contributed by atoms with van der Waals surface area (Å²) in [6.07, 6.45) is 0. The molecule has 0 radical (unpaired) electrons. The van der Waals surface area contributed by atoms with Gasteiger partial charge in [0.15, 0.2) is 5.96 Å². The van der Waals surface area contributed by atoms with Crippen molar-refractivity contribution in [3.05, 3.63) is 46.0 Å². The summed E-state index contributed by atoms with van der Waals surface area (Å²) in [6.45, 7) is 9.30. The Morgan fingerprint density at radius 2 is 2.14 bits per heavy atom. The van der Waals surface area contributed by atoms with E-state index >= 15 is 0 Å². The molecule has 5 heteroatoms. The molecular weight excluding hydrogens is 294 g/mol. The van der Waals surface area contributed by atoms with Crippen LogP contribution >= 0.6 is 11.3 Å². The third kappa shape index (κ3) is 4.13. The monoisotopic (exact) mass is 319 g/mol. The van der Waals surface area contributed by atoms with Crippen molar-refractivity contribution >= 4 is 17.3 Å². The van der Waals surface area contributed by atoms with Crippen molar-refractivity contribution in [3.8, 4) is 0 Å². The Labute approximate surface area is 136 Å². The minimum atomic E-state index is 0.0658. The molecule has 2 aromatic heterocycles. The summed E-state index contributed by atoms with van der Waals surface area (Å²) in [5.74, 6) is 2.62. The number of hydrogen-bond donors (Lipinski definition) is 2. The van der Waals surface area contributed by atoms with Crippen LogP contribution in [0.2, 0.25) is 0 Å². The topological polar surface area (TPSA) is 49.6 Å². The minimum absolute atomic E-state index is 0.0658. The smallest absolute Gasteiger partial charge is 0.191 e. The number of nitrogens with one attached hydrogen (secondary N) is 2. The summed E-state index contributed by atoms with van der Waals surface area (Å²) in [4.78, 5) is 5.67. The van der Waals surface area contributed by atoms with Crippen LogP contribution in [-0.4, -0.2) is 19.6 Å². The molecule has 0 aromatic carbocycles. The van der Waals surface area contributed by atoms with E-state index in [0.29, 0.717) is 0 Å². The van der Waals surface area contributed by atoms with Crippen LogP contribution in [0.4, 0.5) is 0 Å². The molecule has 0 amide bonds. The van der Waals surface area contributed by atoms with Gasteiger partial charge < -0.3 is 15.1 Å². The first kappa shape index (κ1) is 16.6. The zero-order valence-corrected chi connectivity index (χ0v) is 14.8. The van der Waals surface area contributed by atoms with Gasteiger partial charge in [-0.25, -0.2) is 0 Å². The average molecular weight is 319 g/mol. The number of guanidine groups is 1. The van der Waals surface area contributed by atoms with Crippen LogP contribution in [0.3, 0.4) is 0 Å². The molecule has 0 bridgehead atoms. The summed E-state index contributed by atoms with van der Waals surface area (Å²) >= 11 is 1.79. The molecule has 4 nitrogen and oxygen atoms in total. The highest BCUT2D eigenvalue weighted by molar-refractivity contribution is 7.10. The maximum atomic E-state index is 5.65. The van der Waals surface area contributed by atoms with E-state index in [1.807, 2.05) is 19.1 Å². The van der Waals surface area contributed by atoms with Gasteiger partial charge in [0.05, 0.1) is 6.04 Å². The van der Waals surface area contributed by atoms with Crippen molar-refractivity contribution in [2.45, 2.75) is 39.2 Å². The van der Waals surface area contributed by atoms with E-state index in [1.54, 1.807) is 18.4 Å². The number of aryl methyl sites for hydroxylation is 1. The van der Waals surface area contributed by atoms with E-state index in [1.165, 1.54) is 4.88 Å². The lowest BCUT2D eigenvalue weighted by molar-refractivity contribution is 0.439. The van der Waals surface area contributed by atoms with Gasteiger partial charge in [-0.15, -0.1) is 11.3 Å². The van der Waals surface area contributed by atoms with Crippen molar-refractivity contribution in [1.29, 1.82) is 0 Å².